The second-order valence-corrected chi connectivity index (χ2v) is 7.53. The molecule has 2 aromatic rings. The minimum atomic E-state index is -0.658. The summed E-state index contributed by atoms with van der Waals surface area (Å²) in [6.07, 6.45) is 0. The predicted molar refractivity (Wildman–Crippen MR) is 105 cm³/mol. The summed E-state index contributed by atoms with van der Waals surface area (Å²) in [4.78, 5) is 37.4. The molecule has 0 spiro atoms. The molecule has 2 heterocycles. The first-order valence-corrected chi connectivity index (χ1v) is 9.63. The van der Waals surface area contributed by atoms with Crippen LogP contribution in [0.25, 0.3) is 0 Å². The Bertz CT molecular complexity index is 916. The molecule has 2 rings (SSSR count). The van der Waals surface area contributed by atoms with Crippen LogP contribution in [0.4, 0.5) is 5.00 Å². The molecule has 0 saturated carbocycles. The van der Waals surface area contributed by atoms with Crippen molar-refractivity contribution in [2.45, 2.75) is 47.6 Å². The number of rotatable bonds is 6. The molecule has 9 heteroatoms. The summed E-state index contributed by atoms with van der Waals surface area (Å²) in [5.41, 5.74) is 2.02. The maximum atomic E-state index is 12.8. The highest BCUT2D eigenvalue weighted by Crippen LogP contribution is 2.34. The molecule has 0 fully saturated rings. The van der Waals surface area contributed by atoms with E-state index in [9.17, 15) is 14.4 Å². The van der Waals surface area contributed by atoms with E-state index in [1.165, 1.54) is 11.6 Å². The van der Waals surface area contributed by atoms with Gasteiger partial charge in [-0.05, 0) is 47.1 Å². The number of ether oxygens (including phenoxy) is 1. The first-order valence-electron chi connectivity index (χ1n) is 8.43. The monoisotopic (exact) mass is 411 g/mol. The number of ketones is 1. The lowest BCUT2D eigenvalue weighted by molar-refractivity contribution is -0.119. The molecule has 0 aliphatic heterocycles. The van der Waals surface area contributed by atoms with Gasteiger partial charge in [0.15, 0.2) is 5.78 Å². The minimum absolute atomic E-state index is 0.179. The van der Waals surface area contributed by atoms with Crippen molar-refractivity contribution in [3.05, 3.63) is 32.4 Å². The van der Waals surface area contributed by atoms with Crippen LogP contribution in [-0.4, -0.2) is 34.0 Å². The maximum absolute atomic E-state index is 12.8. The number of aryl methyl sites for hydroxylation is 1. The van der Waals surface area contributed by atoms with Crippen molar-refractivity contribution in [1.82, 2.24) is 9.78 Å². The van der Waals surface area contributed by atoms with E-state index in [4.69, 9.17) is 16.3 Å². The normalized spacial score (nSPS) is 12.0. The van der Waals surface area contributed by atoms with Crippen molar-refractivity contribution in [2.75, 3.05) is 11.9 Å². The van der Waals surface area contributed by atoms with E-state index in [2.05, 4.69) is 10.4 Å². The Labute approximate surface area is 166 Å². The summed E-state index contributed by atoms with van der Waals surface area (Å²) < 4.78 is 6.61. The minimum Gasteiger partial charge on any atom is -0.462 e. The molecule has 27 heavy (non-hydrogen) atoms. The van der Waals surface area contributed by atoms with E-state index in [1.807, 2.05) is 0 Å². The van der Waals surface area contributed by atoms with Crippen LogP contribution in [0.2, 0.25) is 5.02 Å². The van der Waals surface area contributed by atoms with E-state index in [0.29, 0.717) is 31.9 Å². The molecular weight excluding hydrogens is 390 g/mol. The van der Waals surface area contributed by atoms with E-state index in [1.54, 1.807) is 34.6 Å². The number of nitrogens with one attached hydrogen (secondary N) is 1. The molecule has 1 unspecified atom stereocenters. The van der Waals surface area contributed by atoms with Gasteiger partial charge in [-0.3, -0.25) is 14.3 Å². The lowest BCUT2D eigenvalue weighted by Crippen LogP contribution is -2.25. The van der Waals surface area contributed by atoms with Crippen LogP contribution in [0, 0.1) is 20.8 Å². The van der Waals surface area contributed by atoms with Gasteiger partial charge in [-0.15, -0.1) is 11.3 Å². The Morgan fingerprint density at radius 2 is 1.93 bits per heavy atom. The highest BCUT2D eigenvalue weighted by molar-refractivity contribution is 7.18. The number of Topliss-reactive ketones (excluding diaryl/α,β-unsaturated/α-hetero) is 1. The molecule has 1 amide bonds. The van der Waals surface area contributed by atoms with Gasteiger partial charge in [-0.25, -0.2) is 4.79 Å². The molecule has 1 atom stereocenters. The third-order valence-electron chi connectivity index (χ3n) is 4.17. The standard InChI is InChI=1S/C18H22ClN3O4S/c1-7-26-18(25)13-8(2)15(12(6)23)27-17(13)20-16(24)11(5)22-10(4)14(19)9(3)21-22/h11H,7H2,1-6H3,(H,20,24). The van der Waals surface area contributed by atoms with Gasteiger partial charge in [0.05, 0.1) is 33.5 Å². The van der Waals surface area contributed by atoms with Gasteiger partial charge in [0.1, 0.15) is 11.0 Å². The third-order valence-corrected chi connectivity index (χ3v) is 6.02. The van der Waals surface area contributed by atoms with Crippen molar-refractivity contribution in [3.8, 4) is 0 Å². The van der Waals surface area contributed by atoms with Gasteiger partial charge >= 0.3 is 5.97 Å². The second-order valence-electron chi connectivity index (χ2n) is 6.13. The number of aromatic nitrogens is 2. The summed E-state index contributed by atoms with van der Waals surface area (Å²) in [5, 5.41) is 7.83. The first-order chi connectivity index (χ1) is 12.6. The summed E-state index contributed by atoms with van der Waals surface area (Å²) in [5.74, 6) is -1.13. The van der Waals surface area contributed by atoms with Crippen LogP contribution < -0.4 is 5.32 Å². The molecule has 1 N–H and O–H groups in total. The number of hydrogen-bond acceptors (Lipinski definition) is 6. The van der Waals surface area contributed by atoms with Gasteiger partial charge in [-0.2, -0.15) is 5.10 Å². The van der Waals surface area contributed by atoms with Crippen LogP contribution in [-0.2, 0) is 9.53 Å². The van der Waals surface area contributed by atoms with E-state index >= 15 is 0 Å². The predicted octanol–water partition coefficient (Wildman–Crippen LogP) is 4.10. The zero-order valence-electron chi connectivity index (χ0n) is 16.1. The highest BCUT2D eigenvalue weighted by atomic mass is 35.5. The first kappa shape index (κ1) is 21.1. The zero-order chi connectivity index (χ0) is 20.5. The van der Waals surface area contributed by atoms with Crippen molar-refractivity contribution in [2.24, 2.45) is 0 Å². The van der Waals surface area contributed by atoms with E-state index < -0.39 is 12.0 Å². The summed E-state index contributed by atoms with van der Waals surface area (Å²) in [7, 11) is 0. The van der Waals surface area contributed by atoms with Crippen molar-refractivity contribution < 1.29 is 19.1 Å². The molecule has 7 nitrogen and oxygen atoms in total. The number of carbonyl (C=O) groups excluding carboxylic acids is 3. The average molecular weight is 412 g/mol. The number of esters is 1. The summed E-state index contributed by atoms with van der Waals surface area (Å²) in [6, 6.07) is -0.658. The molecule has 0 aromatic carbocycles. The number of halogens is 1. The van der Waals surface area contributed by atoms with Crippen LogP contribution in [0.1, 0.15) is 63.8 Å². The van der Waals surface area contributed by atoms with Gasteiger partial charge < -0.3 is 10.1 Å². The van der Waals surface area contributed by atoms with Crippen LogP contribution >= 0.6 is 22.9 Å². The van der Waals surface area contributed by atoms with Crippen LogP contribution in [0.3, 0.4) is 0 Å². The van der Waals surface area contributed by atoms with Gasteiger partial charge in [0.2, 0.25) is 5.91 Å². The Kier molecular flexibility index (Phi) is 6.43. The molecule has 0 aliphatic carbocycles. The van der Waals surface area contributed by atoms with Crippen LogP contribution in [0.15, 0.2) is 0 Å². The topological polar surface area (TPSA) is 90.3 Å². The van der Waals surface area contributed by atoms with Gasteiger partial charge in [-0.1, -0.05) is 11.6 Å². The number of amides is 1. The quantitative estimate of drug-likeness (QED) is 0.570. The number of carbonyl (C=O) groups is 3. The van der Waals surface area contributed by atoms with Gasteiger partial charge in [0, 0.05) is 0 Å². The molecule has 0 aliphatic rings. The van der Waals surface area contributed by atoms with E-state index in [-0.39, 0.29) is 23.9 Å². The fourth-order valence-electron chi connectivity index (χ4n) is 2.73. The molecule has 2 aromatic heterocycles. The lowest BCUT2D eigenvalue weighted by Gasteiger charge is -2.14. The molecule has 146 valence electrons. The Balaban J connectivity index is 2.39. The van der Waals surface area contributed by atoms with Gasteiger partial charge in [0.25, 0.3) is 0 Å². The second kappa shape index (κ2) is 8.22. The summed E-state index contributed by atoms with van der Waals surface area (Å²) in [6.45, 7) is 10.2. The van der Waals surface area contributed by atoms with E-state index in [0.717, 1.165) is 11.3 Å². The fraction of sp³-hybridized carbons (Fsp3) is 0.444. The van der Waals surface area contributed by atoms with Crippen LogP contribution in [0.5, 0.6) is 0 Å². The molecule has 0 saturated heterocycles. The fourth-order valence-corrected chi connectivity index (χ4v) is 3.95. The maximum Gasteiger partial charge on any atom is 0.341 e. The molecule has 0 radical (unpaired) electrons. The number of hydrogen-bond donors (Lipinski definition) is 1. The largest absolute Gasteiger partial charge is 0.462 e. The van der Waals surface area contributed by atoms with Crippen molar-refractivity contribution in [3.63, 3.8) is 0 Å². The highest BCUT2D eigenvalue weighted by Gasteiger charge is 2.27. The smallest absolute Gasteiger partial charge is 0.341 e. The SMILES string of the molecule is CCOC(=O)c1c(NC(=O)C(C)n2nc(C)c(Cl)c2C)sc(C(C)=O)c1C. The molecule has 0 bridgehead atoms. The Morgan fingerprint density at radius 3 is 2.41 bits per heavy atom. The number of nitrogens with zero attached hydrogens (tertiary/aromatic N) is 2. The van der Waals surface area contributed by atoms with Crippen molar-refractivity contribution in [1.29, 1.82) is 0 Å². The Morgan fingerprint density at radius 1 is 1.30 bits per heavy atom. The summed E-state index contributed by atoms with van der Waals surface area (Å²) >= 11 is 7.22. The number of anilines is 1. The van der Waals surface area contributed by atoms with Crippen molar-refractivity contribution >= 4 is 45.6 Å². The Hall–Kier alpha value is -2.19. The number of thiophene rings is 1. The molecular formula is C18H22ClN3O4S. The average Bonchev–Trinajstić information content (AvgIpc) is 3.06. The zero-order valence-corrected chi connectivity index (χ0v) is 17.7. The third kappa shape index (κ3) is 4.06. The lowest BCUT2D eigenvalue weighted by atomic mass is 10.1.